The average molecular weight is 229 g/mol. The monoisotopic (exact) mass is 229 g/mol. The summed E-state index contributed by atoms with van der Waals surface area (Å²) in [5.74, 6) is 1.30. The largest absolute Gasteiger partial charge is 0.298 e. The third-order valence-electron chi connectivity index (χ3n) is 1.89. The normalized spacial score (nSPS) is 10.8. The van der Waals surface area contributed by atoms with Gasteiger partial charge in [-0.1, -0.05) is 6.07 Å². The Kier molecular flexibility index (Phi) is 5.22. The second kappa shape index (κ2) is 6.22. The molecule has 0 aliphatic heterocycles. The molecule has 2 nitrogen and oxygen atoms in total. The Morgan fingerprint density at radius 2 is 2.43 bits per heavy atom. The number of carbonyl (C=O) groups excluding carboxylic acids is 1. The number of nitrogens with zero attached hydrogens (tertiary/aromatic N) is 1. The number of likely N-dealkylation sites (N-methyl/N-ethyl adjacent to an activating group) is 1. The number of hydrogen-bond donors (Lipinski definition) is 0. The second-order valence-corrected chi connectivity index (χ2v) is 5.06. The fourth-order valence-corrected chi connectivity index (χ4v) is 2.24. The third kappa shape index (κ3) is 3.82. The molecule has 4 heteroatoms. The van der Waals surface area contributed by atoms with Crippen molar-refractivity contribution in [1.82, 2.24) is 4.90 Å². The summed E-state index contributed by atoms with van der Waals surface area (Å²) in [5, 5.41) is 1.94. The maximum atomic E-state index is 11.6. The number of rotatable bonds is 6. The predicted octanol–water partition coefficient (Wildman–Crippen LogP) is 2.23. The third-order valence-corrected chi connectivity index (χ3v) is 3.39. The summed E-state index contributed by atoms with van der Waals surface area (Å²) in [6, 6.07) is 3.80. The van der Waals surface area contributed by atoms with Crippen molar-refractivity contribution in [3.8, 4) is 0 Å². The van der Waals surface area contributed by atoms with Crippen molar-refractivity contribution in [2.45, 2.75) is 0 Å². The summed E-state index contributed by atoms with van der Waals surface area (Å²) in [5.41, 5.74) is 0. The zero-order valence-corrected chi connectivity index (χ0v) is 10.2. The molecule has 0 saturated heterocycles. The van der Waals surface area contributed by atoms with Crippen LogP contribution in [0.1, 0.15) is 9.67 Å². The molecule has 0 spiro atoms. The Bertz CT molecular complexity index is 272. The lowest BCUT2D eigenvalue weighted by molar-refractivity contribution is 0.0953. The second-order valence-electron chi connectivity index (χ2n) is 3.13. The topological polar surface area (TPSA) is 20.3 Å². The van der Waals surface area contributed by atoms with Gasteiger partial charge in [0.15, 0.2) is 5.78 Å². The fraction of sp³-hybridized carbons (Fsp3) is 0.500. The number of hydrogen-bond acceptors (Lipinski definition) is 4. The molecule has 0 saturated carbocycles. The quantitative estimate of drug-likeness (QED) is 0.698. The SMILES string of the molecule is CSCCN(C)CC(=O)c1cccs1. The van der Waals surface area contributed by atoms with Gasteiger partial charge in [-0.3, -0.25) is 9.69 Å². The van der Waals surface area contributed by atoms with Crippen LogP contribution in [0.4, 0.5) is 0 Å². The minimum atomic E-state index is 0.226. The van der Waals surface area contributed by atoms with Crippen LogP contribution in [-0.4, -0.2) is 42.8 Å². The molecule has 0 atom stereocenters. The van der Waals surface area contributed by atoms with Crippen LogP contribution < -0.4 is 0 Å². The zero-order chi connectivity index (χ0) is 10.4. The van der Waals surface area contributed by atoms with Gasteiger partial charge in [-0.25, -0.2) is 0 Å². The van der Waals surface area contributed by atoms with Crippen LogP contribution in [0.15, 0.2) is 17.5 Å². The molecule has 1 heterocycles. The van der Waals surface area contributed by atoms with Crippen molar-refractivity contribution < 1.29 is 4.79 Å². The molecule has 0 aliphatic rings. The summed E-state index contributed by atoms with van der Waals surface area (Å²) in [4.78, 5) is 14.6. The molecule has 1 rings (SSSR count). The molecule has 0 aliphatic carbocycles. The number of ketones is 1. The van der Waals surface area contributed by atoms with E-state index in [9.17, 15) is 4.79 Å². The van der Waals surface area contributed by atoms with E-state index in [0.29, 0.717) is 6.54 Å². The van der Waals surface area contributed by atoms with Gasteiger partial charge in [-0.2, -0.15) is 11.8 Å². The van der Waals surface area contributed by atoms with E-state index in [0.717, 1.165) is 17.2 Å². The smallest absolute Gasteiger partial charge is 0.186 e. The molecule has 0 radical (unpaired) electrons. The molecule has 0 bridgehead atoms. The first-order valence-electron chi connectivity index (χ1n) is 4.48. The first kappa shape index (κ1) is 11.8. The molecule has 0 aromatic carbocycles. The van der Waals surface area contributed by atoms with Crippen molar-refractivity contribution in [3.63, 3.8) is 0 Å². The van der Waals surface area contributed by atoms with Gasteiger partial charge in [-0.05, 0) is 24.7 Å². The number of thiophene rings is 1. The lowest BCUT2D eigenvalue weighted by Crippen LogP contribution is -2.27. The maximum absolute atomic E-state index is 11.6. The number of thioether (sulfide) groups is 1. The molecule has 0 amide bonds. The van der Waals surface area contributed by atoms with Gasteiger partial charge in [0.1, 0.15) is 0 Å². The van der Waals surface area contributed by atoms with Crippen LogP contribution in [0.25, 0.3) is 0 Å². The highest BCUT2D eigenvalue weighted by atomic mass is 32.2. The Morgan fingerprint density at radius 1 is 1.64 bits per heavy atom. The van der Waals surface area contributed by atoms with Gasteiger partial charge in [0.05, 0.1) is 11.4 Å². The van der Waals surface area contributed by atoms with Gasteiger partial charge >= 0.3 is 0 Å². The summed E-state index contributed by atoms with van der Waals surface area (Å²) >= 11 is 3.32. The Balaban J connectivity index is 2.34. The highest BCUT2D eigenvalue weighted by molar-refractivity contribution is 7.98. The molecular formula is C10H15NOS2. The van der Waals surface area contributed by atoms with Gasteiger partial charge in [0.25, 0.3) is 0 Å². The molecular weight excluding hydrogens is 214 g/mol. The first-order chi connectivity index (χ1) is 6.74. The van der Waals surface area contributed by atoms with Crippen LogP contribution in [0.3, 0.4) is 0 Å². The zero-order valence-electron chi connectivity index (χ0n) is 8.53. The molecule has 14 heavy (non-hydrogen) atoms. The van der Waals surface area contributed by atoms with Crippen LogP contribution >= 0.6 is 23.1 Å². The minimum Gasteiger partial charge on any atom is -0.298 e. The standard InChI is InChI=1S/C10H15NOS2/c1-11(5-7-13-2)8-9(12)10-4-3-6-14-10/h3-4,6H,5,7-8H2,1-2H3. The summed E-state index contributed by atoms with van der Waals surface area (Å²) in [6.45, 7) is 1.50. The van der Waals surface area contributed by atoms with Crippen LogP contribution in [-0.2, 0) is 0 Å². The van der Waals surface area contributed by atoms with Crippen molar-refractivity contribution in [2.24, 2.45) is 0 Å². The van der Waals surface area contributed by atoms with Crippen LogP contribution in [0, 0.1) is 0 Å². The lowest BCUT2D eigenvalue weighted by atomic mass is 10.3. The number of Topliss-reactive ketones (excluding diaryl/α,β-unsaturated/α-hetero) is 1. The van der Waals surface area contributed by atoms with E-state index in [4.69, 9.17) is 0 Å². The molecule has 78 valence electrons. The van der Waals surface area contributed by atoms with Gasteiger partial charge in [0.2, 0.25) is 0 Å². The highest BCUT2D eigenvalue weighted by Gasteiger charge is 2.09. The van der Waals surface area contributed by atoms with E-state index in [2.05, 4.69) is 11.2 Å². The van der Waals surface area contributed by atoms with Crippen molar-refractivity contribution in [1.29, 1.82) is 0 Å². The minimum absolute atomic E-state index is 0.226. The van der Waals surface area contributed by atoms with E-state index in [1.807, 2.05) is 24.6 Å². The first-order valence-corrected chi connectivity index (χ1v) is 6.75. The van der Waals surface area contributed by atoms with Crippen molar-refractivity contribution in [2.75, 3.05) is 32.1 Å². The Hall–Kier alpha value is -0.320. The summed E-state index contributed by atoms with van der Waals surface area (Å²) in [6.07, 6.45) is 2.08. The average Bonchev–Trinajstić information content (AvgIpc) is 2.67. The van der Waals surface area contributed by atoms with E-state index in [-0.39, 0.29) is 5.78 Å². The number of carbonyl (C=O) groups is 1. The maximum Gasteiger partial charge on any atom is 0.186 e. The van der Waals surface area contributed by atoms with E-state index in [1.54, 1.807) is 11.8 Å². The van der Waals surface area contributed by atoms with Crippen molar-refractivity contribution >= 4 is 28.9 Å². The molecule has 0 N–H and O–H groups in total. The van der Waals surface area contributed by atoms with E-state index >= 15 is 0 Å². The molecule has 1 aromatic heterocycles. The Labute approximate surface area is 93.3 Å². The van der Waals surface area contributed by atoms with Gasteiger partial charge in [-0.15, -0.1) is 11.3 Å². The lowest BCUT2D eigenvalue weighted by Gasteiger charge is -2.13. The fourth-order valence-electron chi connectivity index (χ4n) is 1.09. The van der Waals surface area contributed by atoms with Crippen LogP contribution in [0.5, 0.6) is 0 Å². The van der Waals surface area contributed by atoms with Crippen molar-refractivity contribution in [3.05, 3.63) is 22.4 Å². The molecule has 1 aromatic rings. The highest BCUT2D eigenvalue weighted by Crippen LogP contribution is 2.09. The van der Waals surface area contributed by atoms with Crippen LogP contribution in [0.2, 0.25) is 0 Å². The van der Waals surface area contributed by atoms with Gasteiger partial charge in [0, 0.05) is 12.3 Å². The van der Waals surface area contributed by atoms with E-state index < -0.39 is 0 Å². The van der Waals surface area contributed by atoms with E-state index in [1.165, 1.54) is 11.3 Å². The summed E-state index contributed by atoms with van der Waals surface area (Å²) in [7, 11) is 1.99. The van der Waals surface area contributed by atoms with Gasteiger partial charge < -0.3 is 0 Å². The predicted molar refractivity (Wildman–Crippen MR) is 64.5 cm³/mol. The molecule has 0 fully saturated rings. The summed E-state index contributed by atoms with van der Waals surface area (Å²) < 4.78 is 0. The molecule has 0 unspecified atom stereocenters. The Morgan fingerprint density at radius 3 is 3.00 bits per heavy atom.